The lowest BCUT2D eigenvalue weighted by molar-refractivity contribution is 0.0193. The van der Waals surface area contributed by atoms with E-state index >= 15 is 0 Å². The third-order valence-corrected chi connectivity index (χ3v) is 4.86. The van der Waals surface area contributed by atoms with E-state index in [4.69, 9.17) is 4.42 Å². The van der Waals surface area contributed by atoms with Crippen molar-refractivity contribution in [3.8, 4) is 0 Å². The first-order valence-corrected chi connectivity index (χ1v) is 6.77. The third-order valence-electron chi connectivity index (χ3n) is 4.86. The molecule has 1 saturated carbocycles. The molecule has 100 valence electrons. The highest BCUT2D eigenvalue weighted by atomic mass is 16.3. The fourth-order valence-electron chi connectivity index (χ4n) is 4.17. The smallest absolute Gasteiger partial charge is 0.0967 e. The number of fused-ring (bicyclic) bond motifs is 2. The van der Waals surface area contributed by atoms with Crippen LogP contribution >= 0.6 is 0 Å². The van der Waals surface area contributed by atoms with Crippen molar-refractivity contribution in [3.05, 3.63) is 23.7 Å². The van der Waals surface area contributed by atoms with Crippen LogP contribution in [-0.4, -0.2) is 10.2 Å². The van der Waals surface area contributed by atoms with Crippen molar-refractivity contribution in [2.24, 2.45) is 17.3 Å². The molecule has 0 aromatic carbocycles. The lowest BCUT2D eigenvalue weighted by atomic mass is 9.84. The Morgan fingerprint density at radius 3 is 2.61 bits per heavy atom. The molecule has 0 spiro atoms. The monoisotopic (exact) mass is 250 g/mol. The van der Waals surface area contributed by atoms with Crippen molar-refractivity contribution in [1.29, 1.82) is 0 Å². The molecule has 0 saturated heterocycles. The number of aliphatic hydroxyl groups excluding tert-OH is 1. The van der Waals surface area contributed by atoms with Gasteiger partial charge in [0.05, 0.1) is 24.2 Å². The van der Waals surface area contributed by atoms with Crippen LogP contribution in [-0.2, 0) is 5.60 Å². The zero-order chi connectivity index (χ0) is 13.1. The molecular formula is C15H22O3. The second-order valence-electron chi connectivity index (χ2n) is 7.16. The summed E-state index contributed by atoms with van der Waals surface area (Å²) in [4.78, 5) is 0. The Bertz CT molecular complexity index is 458. The molecule has 0 radical (unpaired) electrons. The SMILES string of the molecule is CC1(C)CC2CC(C)(O)c3cocc3C(O)C2C1. The van der Waals surface area contributed by atoms with Crippen LogP contribution in [0.2, 0.25) is 0 Å². The van der Waals surface area contributed by atoms with Crippen molar-refractivity contribution in [1.82, 2.24) is 0 Å². The highest BCUT2D eigenvalue weighted by Gasteiger charge is 2.49. The number of rotatable bonds is 0. The molecule has 1 aromatic rings. The van der Waals surface area contributed by atoms with Crippen LogP contribution in [0.5, 0.6) is 0 Å². The van der Waals surface area contributed by atoms with Gasteiger partial charge in [0.2, 0.25) is 0 Å². The van der Waals surface area contributed by atoms with E-state index < -0.39 is 11.7 Å². The first kappa shape index (κ1) is 12.2. The predicted molar refractivity (Wildman–Crippen MR) is 67.9 cm³/mol. The number of furan rings is 1. The average molecular weight is 250 g/mol. The average Bonchev–Trinajstić information content (AvgIpc) is 2.79. The molecular weight excluding hydrogens is 228 g/mol. The van der Waals surface area contributed by atoms with Gasteiger partial charge in [-0.25, -0.2) is 0 Å². The van der Waals surface area contributed by atoms with E-state index in [-0.39, 0.29) is 11.3 Å². The number of aliphatic hydroxyl groups is 2. The molecule has 0 aliphatic heterocycles. The van der Waals surface area contributed by atoms with Crippen LogP contribution < -0.4 is 0 Å². The molecule has 1 heterocycles. The third kappa shape index (κ3) is 1.72. The molecule has 1 aromatic heterocycles. The molecule has 3 heteroatoms. The molecule has 4 unspecified atom stereocenters. The zero-order valence-corrected chi connectivity index (χ0v) is 11.3. The Morgan fingerprint density at radius 2 is 1.89 bits per heavy atom. The lowest BCUT2D eigenvalue weighted by Gasteiger charge is -2.26. The molecule has 0 bridgehead atoms. The van der Waals surface area contributed by atoms with E-state index in [0.29, 0.717) is 12.3 Å². The maximum Gasteiger partial charge on any atom is 0.0967 e. The largest absolute Gasteiger partial charge is 0.472 e. The van der Waals surface area contributed by atoms with E-state index in [9.17, 15) is 10.2 Å². The molecule has 4 atom stereocenters. The highest BCUT2D eigenvalue weighted by Crippen LogP contribution is 2.56. The highest BCUT2D eigenvalue weighted by molar-refractivity contribution is 5.32. The van der Waals surface area contributed by atoms with E-state index in [1.165, 1.54) is 0 Å². The second kappa shape index (κ2) is 3.61. The minimum absolute atomic E-state index is 0.241. The summed E-state index contributed by atoms with van der Waals surface area (Å²) in [5.74, 6) is 0.628. The van der Waals surface area contributed by atoms with E-state index in [2.05, 4.69) is 13.8 Å². The molecule has 2 N–H and O–H groups in total. The maximum atomic E-state index is 10.7. The van der Waals surface area contributed by atoms with Gasteiger partial charge in [-0.05, 0) is 43.4 Å². The van der Waals surface area contributed by atoms with Gasteiger partial charge in [-0.15, -0.1) is 0 Å². The first-order valence-electron chi connectivity index (χ1n) is 6.77. The summed E-state index contributed by atoms with van der Waals surface area (Å²) in [5.41, 5.74) is 0.920. The summed E-state index contributed by atoms with van der Waals surface area (Å²) in [7, 11) is 0. The molecule has 18 heavy (non-hydrogen) atoms. The fourth-order valence-corrected chi connectivity index (χ4v) is 4.17. The number of hydrogen-bond acceptors (Lipinski definition) is 3. The van der Waals surface area contributed by atoms with Gasteiger partial charge >= 0.3 is 0 Å². The lowest BCUT2D eigenvalue weighted by Crippen LogP contribution is -2.24. The fraction of sp³-hybridized carbons (Fsp3) is 0.733. The Balaban J connectivity index is 2.05. The van der Waals surface area contributed by atoms with E-state index in [1.54, 1.807) is 12.5 Å². The van der Waals surface area contributed by atoms with Crippen molar-refractivity contribution < 1.29 is 14.6 Å². The summed E-state index contributed by atoms with van der Waals surface area (Å²) in [6, 6.07) is 0. The maximum absolute atomic E-state index is 10.7. The minimum atomic E-state index is -0.886. The molecule has 0 amide bonds. The standard InChI is InChI=1S/C15H22O3/c1-14(2)4-9-5-15(3,17)12-8-18-7-11(12)13(16)10(9)6-14/h7-10,13,16-17H,4-6H2,1-3H3. The van der Waals surface area contributed by atoms with Crippen LogP contribution in [0.25, 0.3) is 0 Å². The van der Waals surface area contributed by atoms with Gasteiger partial charge in [0.1, 0.15) is 0 Å². The normalized spacial score (nSPS) is 42.2. The molecule has 3 nitrogen and oxygen atoms in total. The second-order valence-corrected chi connectivity index (χ2v) is 7.16. The Morgan fingerprint density at radius 1 is 1.17 bits per heavy atom. The summed E-state index contributed by atoms with van der Waals surface area (Å²) in [6.07, 6.45) is 5.49. The van der Waals surface area contributed by atoms with Crippen molar-refractivity contribution in [3.63, 3.8) is 0 Å². The van der Waals surface area contributed by atoms with Gasteiger partial charge in [-0.2, -0.15) is 0 Å². The van der Waals surface area contributed by atoms with E-state index in [1.807, 2.05) is 6.92 Å². The molecule has 2 aliphatic carbocycles. The quantitative estimate of drug-likeness (QED) is 0.744. The molecule has 3 rings (SSSR count). The van der Waals surface area contributed by atoms with Crippen molar-refractivity contribution in [2.45, 2.75) is 51.7 Å². The van der Waals surface area contributed by atoms with Crippen LogP contribution in [0.15, 0.2) is 16.9 Å². The Kier molecular flexibility index (Phi) is 2.46. The minimum Gasteiger partial charge on any atom is -0.472 e. The topological polar surface area (TPSA) is 53.6 Å². The van der Waals surface area contributed by atoms with Crippen LogP contribution in [0.3, 0.4) is 0 Å². The predicted octanol–water partition coefficient (Wildman–Crippen LogP) is 2.98. The summed E-state index contributed by atoms with van der Waals surface area (Å²) >= 11 is 0. The van der Waals surface area contributed by atoms with Crippen LogP contribution in [0, 0.1) is 17.3 Å². The van der Waals surface area contributed by atoms with Crippen LogP contribution in [0.4, 0.5) is 0 Å². The summed E-state index contributed by atoms with van der Waals surface area (Å²) in [6.45, 7) is 6.33. The van der Waals surface area contributed by atoms with Crippen molar-refractivity contribution in [2.75, 3.05) is 0 Å². The van der Waals surface area contributed by atoms with Gasteiger partial charge in [0.15, 0.2) is 0 Å². The van der Waals surface area contributed by atoms with Gasteiger partial charge in [0, 0.05) is 11.1 Å². The van der Waals surface area contributed by atoms with Gasteiger partial charge in [0.25, 0.3) is 0 Å². The Hall–Kier alpha value is -0.800. The summed E-state index contributed by atoms with van der Waals surface area (Å²) in [5, 5.41) is 21.3. The molecule has 2 aliphatic rings. The number of hydrogen-bond donors (Lipinski definition) is 2. The van der Waals surface area contributed by atoms with E-state index in [0.717, 1.165) is 24.0 Å². The molecule has 1 fully saturated rings. The zero-order valence-electron chi connectivity index (χ0n) is 11.3. The van der Waals surface area contributed by atoms with Gasteiger partial charge in [-0.1, -0.05) is 13.8 Å². The Labute approximate surface area is 108 Å². The van der Waals surface area contributed by atoms with Gasteiger partial charge in [-0.3, -0.25) is 0 Å². The van der Waals surface area contributed by atoms with Crippen molar-refractivity contribution >= 4 is 0 Å². The van der Waals surface area contributed by atoms with Gasteiger partial charge < -0.3 is 14.6 Å². The first-order chi connectivity index (χ1) is 8.30. The summed E-state index contributed by atoms with van der Waals surface area (Å²) < 4.78 is 5.21. The van der Waals surface area contributed by atoms with Crippen LogP contribution in [0.1, 0.15) is 57.3 Å².